The molecule has 0 aliphatic rings. The van der Waals surface area contributed by atoms with E-state index in [0.717, 1.165) is 6.42 Å². The standard InChI is InChI=1S/C19H29NO6/c1-5-11(2)8-18(23)25-12(3)13(4)26-19(24)15(20)9-14-6-7-16(21)17(22)10-14/h6-7,10-13,15,21-22H,5,8-9,20H2,1-4H3/t11?,12?,13-,15+/m1/s1. The largest absolute Gasteiger partial charge is 0.504 e. The van der Waals surface area contributed by atoms with Crippen LogP contribution in [0.25, 0.3) is 0 Å². The molecule has 7 heteroatoms. The first-order chi connectivity index (χ1) is 12.1. The Labute approximate surface area is 154 Å². The number of aromatic hydroxyl groups is 2. The third-order valence-corrected chi connectivity index (χ3v) is 4.29. The normalized spacial score (nSPS) is 15.6. The minimum Gasteiger partial charge on any atom is -0.504 e. The third-order valence-electron chi connectivity index (χ3n) is 4.29. The Morgan fingerprint density at radius 2 is 1.69 bits per heavy atom. The number of phenols is 2. The summed E-state index contributed by atoms with van der Waals surface area (Å²) < 4.78 is 10.6. The number of carbonyl (C=O) groups is 2. The number of esters is 2. The van der Waals surface area contributed by atoms with Crippen LogP contribution in [0.5, 0.6) is 11.5 Å². The summed E-state index contributed by atoms with van der Waals surface area (Å²) >= 11 is 0. The van der Waals surface area contributed by atoms with Crippen molar-refractivity contribution in [2.24, 2.45) is 11.7 Å². The van der Waals surface area contributed by atoms with Crippen LogP contribution in [0.4, 0.5) is 0 Å². The molecule has 0 aliphatic carbocycles. The lowest BCUT2D eigenvalue weighted by molar-refractivity contribution is -0.166. The highest BCUT2D eigenvalue weighted by molar-refractivity contribution is 5.76. The molecule has 4 atom stereocenters. The van der Waals surface area contributed by atoms with Crippen molar-refractivity contribution < 1.29 is 29.3 Å². The monoisotopic (exact) mass is 367 g/mol. The molecular weight excluding hydrogens is 338 g/mol. The second-order valence-corrected chi connectivity index (χ2v) is 6.69. The van der Waals surface area contributed by atoms with Gasteiger partial charge in [0.1, 0.15) is 18.2 Å². The van der Waals surface area contributed by atoms with Gasteiger partial charge >= 0.3 is 11.9 Å². The second-order valence-electron chi connectivity index (χ2n) is 6.69. The molecule has 2 unspecified atom stereocenters. The SMILES string of the molecule is CCC(C)CC(=O)OC(C)[C@@H](C)OC(=O)[C@@H](N)Cc1ccc(O)c(O)c1. The lowest BCUT2D eigenvalue weighted by atomic mass is 10.1. The van der Waals surface area contributed by atoms with Crippen LogP contribution in [-0.2, 0) is 25.5 Å². The van der Waals surface area contributed by atoms with E-state index in [1.807, 2.05) is 13.8 Å². The molecule has 146 valence electrons. The third kappa shape index (κ3) is 6.92. The maximum absolute atomic E-state index is 12.1. The van der Waals surface area contributed by atoms with Gasteiger partial charge in [0.05, 0.1) is 0 Å². The summed E-state index contributed by atoms with van der Waals surface area (Å²) in [5, 5.41) is 18.8. The molecule has 0 spiro atoms. The van der Waals surface area contributed by atoms with Gasteiger partial charge in [0, 0.05) is 6.42 Å². The van der Waals surface area contributed by atoms with Crippen LogP contribution in [0.1, 0.15) is 46.1 Å². The Bertz CT molecular complexity index is 618. The van der Waals surface area contributed by atoms with Crippen molar-refractivity contribution in [1.29, 1.82) is 0 Å². The number of phenolic OH excluding ortho intramolecular Hbond substituents is 2. The van der Waals surface area contributed by atoms with Crippen molar-refractivity contribution in [3.63, 3.8) is 0 Å². The molecular formula is C19H29NO6. The highest BCUT2D eigenvalue weighted by Gasteiger charge is 2.24. The van der Waals surface area contributed by atoms with Gasteiger partial charge in [0.2, 0.25) is 0 Å². The fraction of sp³-hybridized carbons (Fsp3) is 0.579. The van der Waals surface area contributed by atoms with Gasteiger partial charge in [-0.15, -0.1) is 0 Å². The highest BCUT2D eigenvalue weighted by Crippen LogP contribution is 2.25. The van der Waals surface area contributed by atoms with E-state index in [0.29, 0.717) is 12.0 Å². The zero-order valence-electron chi connectivity index (χ0n) is 15.8. The van der Waals surface area contributed by atoms with Crippen molar-refractivity contribution in [1.82, 2.24) is 0 Å². The van der Waals surface area contributed by atoms with E-state index in [4.69, 9.17) is 15.2 Å². The van der Waals surface area contributed by atoms with Gasteiger partial charge in [-0.25, -0.2) is 0 Å². The maximum atomic E-state index is 12.1. The fourth-order valence-electron chi connectivity index (χ4n) is 2.18. The molecule has 0 amide bonds. The van der Waals surface area contributed by atoms with Gasteiger partial charge in [0.25, 0.3) is 0 Å². The second kappa shape index (κ2) is 10.0. The Kier molecular flexibility index (Phi) is 8.38. The molecule has 1 aromatic carbocycles. The molecule has 7 nitrogen and oxygen atoms in total. The van der Waals surface area contributed by atoms with Gasteiger partial charge in [-0.3, -0.25) is 9.59 Å². The molecule has 0 bridgehead atoms. The van der Waals surface area contributed by atoms with Crippen molar-refractivity contribution in [2.75, 3.05) is 0 Å². The molecule has 0 heterocycles. The summed E-state index contributed by atoms with van der Waals surface area (Å²) in [5.41, 5.74) is 6.43. The van der Waals surface area contributed by atoms with E-state index >= 15 is 0 Å². The van der Waals surface area contributed by atoms with Crippen LogP contribution >= 0.6 is 0 Å². The summed E-state index contributed by atoms with van der Waals surface area (Å²) in [7, 11) is 0. The number of hydrogen-bond donors (Lipinski definition) is 3. The summed E-state index contributed by atoms with van der Waals surface area (Å²) in [4.78, 5) is 23.9. The van der Waals surface area contributed by atoms with Crippen molar-refractivity contribution in [2.45, 2.75) is 65.2 Å². The number of nitrogens with two attached hydrogens (primary N) is 1. The fourth-order valence-corrected chi connectivity index (χ4v) is 2.18. The summed E-state index contributed by atoms with van der Waals surface area (Å²) in [6.45, 7) is 7.27. The summed E-state index contributed by atoms with van der Waals surface area (Å²) in [6, 6.07) is 3.28. The predicted octanol–water partition coefficient (Wildman–Crippen LogP) is 2.27. The van der Waals surface area contributed by atoms with Gasteiger partial charge in [-0.2, -0.15) is 0 Å². The van der Waals surface area contributed by atoms with Crippen LogP contribution in [0.2, 0.25) is 0 Å². The number of ether oxygens (including phenoxy) is 2. The molecule has 0 aliphatic heterocycles. The van der Waals surface area contributed by atoms with Gasteiger partial charge in [0.15, 0.2) is 11.5 Å². The average molecular weight is 367 g/mol. The lowest BCUT2D eigenvalue weighted by Crippen LogP contribution is -2.39. The Hall–Kier alpha value is -2.28. The molecule has 0 saturated heterocycles. The van der Waals surface area contributed by atoms with E-state index in [1.165, 1.54) is 12.1 Å². The molecule has 0 fully saturated rings. The Morgan fingerprint density at radius 3 is 2.27 bits per heavy atom. The first-order valence-corrected chi connectivity index (χ1v) is 8.80. The topological polar surface area (TPSA) is 119 Å². The minimum absolute atomic E-state index is 0.140. The van der Waals surface area contributed by atoms with Gasteiger partial charge in [-0.05, 0) is 43.9 Å². The van der Waals surface area contributed by atoms with E-state index in [-0.39, 0.29) is 29.8 Å². The number of carbonyl (C=O) groups excluding carboxylic acids is 2. The molecule has 4 N–H and O–H groups in total. The molecule has 0 saturated carbocycles. The maximum Gasteiger partial charge on any atom is 0.323 e. The van der Waals surface area contributed by atoms with Crippen LogP contribution in [0.3, 0.4) is 0 Å². The van der Waals surface area contributed by atoms with Crippen LogP contribution in [0, 0.1) is 5.92 Å². The van der Waals surface area contributed by atoms with Crippen molar-refractivity contribution >= 4 is 11.9 Å². The lowest BCUT2D eigenvalue weighted by Gasteiger charge is -2.23. The highest BCUT2D eigenvalue weighted by atomic mass is 16.6. The van der Waals surface area contributed by atoms with E-state index < -0.39 is 24.2 Å². The quantitative estimate of drug-likeness (QED) is 0.452. The van der Waals surface area contributed by atoms with E-state index in [2.05, 4.69) is 0 Å². The molecule has 1 rings (SSSR count). The van der Waals surface area contributed by atoms with E-state index in [1.54, 1.807) is 19.9 Å². The zero-order chi connectivity index (χ0) is 19.9. The smallest absolute Gasteiger partial charge is 0.323 e. The van der Waals surface area contributed by atoms with Crippen LogP contribution in [0.15, 0.2) is 18.2 Å². The molecule has 0 radical (unpaired) electrons. The Morgan fingerprint density at radius 1 is 1.08 bits per heavy atom. The van der Waals surface area contributed by atoms with Crippen molar-refractivity contribution in [3.8, 4) is 11.5 Å². The number of benzene rings is 1. The molecule has 1 aromatic rings. The zero-order valence-corrected chi connectivity index (χ0v) is 15.8. The van der Waals surface area contributed by atoms with Crippen molar-refractivity contribution in [3.05, 3.63) is 23.8 Å². The molecule has 0 aromatic heterocycles. The first kappa shape index (κ1) is 21.8. The van der Waals surface area contributed by atoms with Crippen LogP contribution < -0.4 is 5.73 Å². The van der Waals surface area contributed by atoms with Gasteiger partial charge in [-0.1, -0.05) is 26.3 Å². The minimum atomic E-state index is -0.940. The molecule has 26 heavy (non-hydrogen) atoms. The average Bonchev–Trinajstić information content (AvgIpc) is 2.57. The van der Waals surface area contributed by atoms with E-state index in [9.17, 15) is 19.8 Å². The number of rotatable bonds is 9. The Balaban J connectivity index is 2.51. The number of hydrogen-bond acceptors (Lipinski definition) is 7. The van der Waals surface area contributed by atoms with Gasteiger partial charge < -0.3 is 25.4 Å². The summed E-state index contributed by atoms with van der Waals surface area (Å²) in [6.07, 6.45) is 0.130. The summed E-state index contributed by atoms with van der Waals surface area (Å²) in [5.74, 6) is -1.24. The van der Waals surface area contributed by atoms with Crippen LogP contribution in [-0.4, -0.2) is 40.4 Å². The first-order valence-electron chi connectivity index (χ1n) is 8.80. The predicted molar refractivity (Wildman–Crippen MR) is 96.6 cm³/mol.